The highest BCUT2D eigenvalue weighted by Crippen LogP contribution is 2.26. The van der Waals surface area contributed by atoms with Crippen LogP contribution in [0.4, 0.5) is 0 Å². The van der Waals surface area contributed by atoms with Gasteiger partial charge in [0.1, 0.15) is 5.25 Å². The van der Waals surface area contributed by atoms with E-state index in [-0.39, 0.29) is 0 Å². The van der Waals surface area contributed by atoms with Gasteiger partial charge in [-0.05, 0) is 25.7 Å². The molecule has 1 fully saturated rings. The molecule has 0 N–H and O–H groups in total. The summed E-state index contributed by atoms with van der Waals surface area (Å²) in [4.78, 5) is 0. The average molecular weight is 153 g/mol. The molecule has 0 amide bonds. The molecule has 0 aromatic rings. The lowest BCUT2D eigenvalue weighted by molar-refractivity contribution is 0.593. The molecule has 0 saturated heterocycles. The first-order valence-corrected chi connectivity index (χ1v) is 4.91. The fourth-order valence-electron chi connectivity index (χ4n) is 1.07. The van der Waals surface area contributed by atoms with Crippen LogP contribution in [0.25, 0.3) is 0 Å². The molecule has 0 aromatic heterocycles. The van der Waals surface area contributed by atoms with Gasteiger partial charge in [-0.3, -0.25) is 0 Å². The van der Waals surface area contributed by atoms with Crippen molar-refractivity contribution in [1.82, 2.24) is 0 Å². The van der Waals surface area contributed by atoms with Crippen LogP contribution < -0.4 is 0 Å². The van der Waals surface area contributed by atoms with Crippen LogP contribution >= 0.6 is 10.7 Å². The van der Waals surface area contributed by atoms with E-state index in [0.29, 0.717) is 5.25 Å². The van der Waals surface area contributed by atoms with E-state index in [1.165, 1.54) is 12.8 Å². The molecule has 1 rings (SSSR count). The molecule has 8 heavy (non-hydrogen) atoms. The second-order valence-corrected chi connectivity index (χ2v) is 4.23. The van der Waals surface area contributed by atoms with Gasteiger partial charge < -0.3 is 4.55 Å². The molecule has 1 nitrogen and oxygen atoms in total. The number of rotatable bonds is 1. The zero-order valence-electron chi connectivity index (χ0n) is 4.60. The number of hydrogen-bond acceptors (Lipinski definition) is 1. The smallest absolute Gasteiger partial charge is 0.174 e. The molecule has 1 aliphatic carbocycles. The Kier molecular flexibility index (Phi) is 2.47. The lowest BCUT2D eigenvalue weighted by atomic mass is 10.4. The molecule has 0 heterocycles. The van der Waals surface area contributed by atoms with Gasteiger partial charge in [-0.25, -0.2) is 0 Å². The van der Waals surface area contributed by atoms with Gasteiger partial charge in [0.05, 0.1) is 10.4 Å². The van der Waals surface area contributed by atoms with Crippen LogP contribution in [0.1, 0.15) is 25.7 Å². The minimum absolute atomic E-state index is 0.302. The molecular weight excluding hydrogens is 144 g/mol. The van der Waals surface area contributed by atoms with Crippen molar-refractivity contribution < 1.29 is 4.55 Å². The van der Waals surface area contributed by atoms with Gasteiger partial charge in [-0.1, -0.05) is 0 Å². The molecule has 1 atom stereocenters. The lowest BCUT2D eigenvalue weighted by Crippen LogP contribution is -2.10. The highest BCUT2D eigenvalue weighted by Gasteiger charge is 2.25. The zero-order valence-corrected chi connectivity index (χ0v) is 6.17. The third kappa shape index (κ3) is 1.54. The van der Waals surface area contributed by atoms with Gasteiger partial charge in [-0.2, -0.15) is 0 Å². The molecule has 1 aliphatic rings. The van der Waals surface area contributed by atoms with Crippen LogP contribution in [-0.2, 0) is 10.4 Å². The van der Waals surface area contributed by atoms with Crippen LogP contribution in [0.3, 0.4) is 0 Å². The Bertz CT molecular complexity index is 70.8. The number of halogens is 1. The summed E-state index contributed by atoms with van der Waals surface area (Å²) < 4.78 is 10.5. The van der Waals surface area contributed by atoms with Crippen LogP contribution in [0.2, 0.25) is 0 Å². The predicted molar refractivity (Wildman–Crippen MR) is 36.3 cm³/mol. The van der Waals surface area contributed by atoms with E-state index in [1.807, 2.05) is 0 Å². The number of hydrogen-bond donors (Lipinski definition) is 0. The summed E-state index contributed by atoms with van der Waals surface area (Å²) in [5, 5.41) is 0.302. The van der Waals surface area contributed by atoms with Gasteiger partial charge in [0, 0.05) is 0 Å². The van der Waals surface area contributed by atoms with Gasteiger partial charge in [0.25, 0.3) is 0 Å². The Hall–Kier alpha value is 0.600. The topological polar surface area (TPSA) is 23.1 Å². The quantitative estimate of drug-likeness (QED) is 0.526. The minimum atomic E-state index is -1.07. The second-order valence-electron chi connectivity index (χ2n) is 2.15. The van der Waals surface area contributed by atoms with Gasteiger partial charge in [0.15, 0.2) is 10.7 Å². The highest BCUT2D eigenvalue weighted by atomic mass is 35.7. The van der Waals surface area contributed by atoms with E-state index in [4.69, 9.17) is 10.7 Å². The molecule has 48 valence electrons. The normalized spacial score (nSPS) is 26.2. The Balaban J connectivity index is 2.24. The Morgan fingerprint density at radius 1 is 1.38 bits per heavy atom. The van der Waals surface area contributed by atoms with Crippen molar-refractivity contribution in [2.75, 3.05) is 0 Å². The molecule has 3 heteroatoms. The van der Waals surface area contributed by atoms with Crippen molar-refractivity contribution in [2.45, 2.75) is 30.9 Å². The van der Waals surface area contributed by atoms with Crippen molar-refractivity contribution in [3.63, 3.8) is 0 Å². The minimum Gasteiger partial charge on any atom is -0.599 e. The first kappa shape index (κ1) is 6.72. The molecule has 1 unspecified atom stereocenters. The van der Waals surface area contributed by atoms with Crippen LogP contribution in [0, 0.1) is 0 Å². The molecule has 0 radical (unpaired) electrons. The summed E-state index contributed by atoms with van der Waals surface area (Å²) in [5.41, 5.74) is 0. The Morgan fingerprint density at radius 2 is 1.88 bits per heavy atom. The third-order valence-corrected chi connectivity index (χ3v) is 3.32. The van der Waals surface area contributed by atoms with Gasteiger partial charge in [-0.15, -0.1) is 0 Å². The van der Waals surface area contributed by atoms with Crippen LogP contribution in [-0.4, -0.2) is 9.80 Å². The molecule has 0 spiro atoms. The first-order chi connectivity index (χ1) is 3.80. The molecule has 0 aliphatic heterocycles. The fourth-order valence-corrected chi connectivity index (χ4v) is 2.31. The molecule has 1 saturated carbocycles. The fraction of sp³-hybridized carbons (Fsp3) is 1.00. The first-order valence-electron chi connectivity index (χ1n) is 2.87. The van der Waals surface area contributed by atoms with Crippen molar-refractivity contribution in [3.8, 4) is 0 Å². The Morgan fingerprint density at radius 3 is 2.12 bits per heavy atom. The van der Waals surface area contributed by atoms with E-state index < -0.39 is 10.4 Å². The average Bonchev–Trinajstić information content (AvgIpc) is 2.12. The van der Waals surface area contributed by atoms with E-state index in [2.05, 4.69) is 0 Å². The molecular formula is C5H9ClOS. The van der Waals surface area contributed by atoms with Crippen molar-refractivity contribution in [3.05, 3.63) is 0 Å². The van der Waals surface area contributed by atoms with Crippen LogP contribution in [0.5, 0.6) is 0 Å². The van der Waals surface area contributed by atoms with Crippen molar-refractivity contribution in [2.24, 2.45) is 0 Å². The van der Waals surface area contributed by atoms with E-state index >= 15 is 0 Å². The van der Waals surface area contributed by atoms with E-state index in [1.54, 1.807) is 0 Å². The molecule has 0 bridgehead atoms. The summed E-state index contributed by atoms with van der Waals surface area (Å²) in [6, 6.07) is 0. The maximum Gasteiger partial charge on any atom is 0.174 e. The Labute approximate surface area is 57.1 Å². The van der Waals surface area contributed by atoms with E-state index in [9.17, 15) is 4.55 Å². The molecule has 0 aromatic carbocycles. The van der Waals surface area contributed by atoms with Gasteiger partial charge in [0.2, 0.25) is 0 Å². The monoisotopic (exact) mass is 152 g/mol. The lowest BCUT2D eigenvalue weighted by Gasteiger charge is -2.05. The summed E-state index contributed by atoms with van der Waals surface area (Å²) in [7, 11) is 4.29. The SMILES string of the molecule is [O-][S+](Cl)C1CCCC1. The predicted octanol–water partition coefficient (Wildman–Crippen LogP) is 1.83. The van der Waals surface area contributed by atoms with Crippen molar-refractivity contribution >= 4 is 21.1 Å². The van der Waals surface area contributed by atoms with Crippen molar-refractivity contribution in [1.29, 1.82) is 0 Å². The van der Waals surface area contributed by atoms with E-state index in [0.717, 1.165) is 12.8 Å². The third-order valence-electron chi connectivity index (χ3n) is 1.56. The second kappa shape index (κ2) is 2.95. The maximum atomic E-state index is 10.5. The summed E-state index contributed by atoms with van der Waals surface area (Å²) >= 11 is 0. The highest BCUT2D eigenvalue weighted by molar-refractivity contribution is 8.14. The summed E-state index contributed by atoms with van der Waals surface area (Å²) in [5.74, 6) is 0. The zero-order chi connectivity index (χ0) is 5.98. The van der Waals surface area contributed by atoms with Gasteiger partial charge >= 0.3 is 0 Å². The van der Waals surface area contributed by atoms with Crippen LogP contribution in [0.15, 0.2) is 0 Å². The maximum absolute atomic E-state index is 10.5. The summed E-state index contributed by atoms with van der Waals surface area (Å²) in [6.45, 7) is 0. The largest absolute Gasteiger partial charge is 0.599 e. The standard InChI is InChI=1S/C5H9ClOS/c6-8(7)5-3-1-2-4-5/h5H,1-4H2. The summed E-state index contributed by atoms with van der Waals surface area (Å²) in [6.07, 6.45) is 4.55.